The van der Waals surface area contributed by atoms with Crippen molar-refractivity contribution < 1.29 is 9.21 Å². The van der Waals surface area contributed by atoms with Crippen LogP contribution in [0.4, 0.5) is 0 Å². The average Bonchev–Trinajstić information content (AvgIpc) is 3.55. The zero-order chi connectivity index (χ0) is 19.6. The Labute approximate surface area is 169 Å². The molecule has 1 N–H and O–H groups in total. The van der Waals surface area contributed by atoms with E-state index in [0.29, 0.717) is 24.0 Å². The third-order valence-corrected chi connectivity index (χ3v) is 6.08. The first kappa shape index (κ1) is 18.1. The molecule has 1 amide bonds. The van der Waals surface area contributed by atoms with E-state index in [1.54, 1.807) is 0 Å². The molecule has 150 valence electrons. The Balaban J connectivity index is 1.28. The molecule has 1 aromatic carbocycles. The summed E-state index contributed by atoms with van der Waals surface area (Å²) in [5.74, 6) is 2.73. The summed E-state index contributed by atoms with van der Waals surface area (Å²) in [5.41, 5.74) is 1.41. The van der Waals surface area contributed by atoms with Crippen molar-refractivity contribution in [1.82, 2.24) is 25.1 Å². The molecule has 3 aromatic rings. The summed E-state index contributed by atoms with van der Waals surface area (Å²) in [6.07, 6.45) is 8.09. The fraction of sp³-hybridized carbons (Fsp3) is 0.455. The topological polar surface area (TPSA) is 87.9 Å². The summed E-state index contributed by atoms with van der Waals surface area (Å²) in [5, 5.41) is 7.45. The van der Waals surface area contributed by atoms with Crippen LogP contribution >= 0.6 is 0 Å². The fourth-order valence-corrected chi connectivity index (χ4v) is 4.47. The number of nitrogens with zero attached hydrogens (tertiary/aromatic N) is 4. The third-order valence-electron chi connectivity index (χ3n) is 6.08. The van der Waals surface area contributed by atoms with Gasteiger partial charge in [0.25, 0.3) is 5.91 Å². The van der Waals surface area contributed by atoms with Crippen LogP contribution in [0.25, 0.3) is 11.4 Å². The van der Waals surface area contributed by atoms with Crippen molar-refractivity contribution >= 4 is 5.91 Å². The first-order chi connectivity index (χ1) is 14.3. The van der Waals surface area contributed by atoms with E-state index >= 15 is 0 Å². The van der Waals surface area contributed by atoms with Crippen molar-refractivity contribution in [1.29, 1.82) is 0 Å². The highest BCUT2D eigenvalue weighted by atomic mass is 16.3. The van der Waals surface area contributed by atoms with E-state index in [1.807, 2.05) is 35.2 Å². The van der Waals surface area contributed by atoms with Crippen LogP contribution in [0, 0.1) is 0 Å². The second-order valence-electron chi connectivity index (χ2n) is 8.05. The van der Waals surface area contributed by atoms with Crippen LogP contribution in [0.15, 0.2) is 41.0 Å². The van der Waals surface area contributed by atoms with Crippen LogP contribution in [0.1, 0.15) is 72.6 Å². The highest BCUT2D eigenvalue weighted by Crippen LogP contribution is 2.34. The van der Waals surface area contributed by atoms with Gasteiger partial charge >= 0.3 is 0 Å². The largest absolute Gasteiger partial charge is 0.448 e. The zero-order valence-corrected chi connectivity index (χ0v) is 16.4. The van der Waals surface area contributed by atoms with Gasteiger partial charge in [0, 0.05) is 30.5 Å². The number of hydrogen-bond acceptors (Lipinski definition) is 5. The van der Waals surface area contributed by atoms with Crippen molar-refractivity contribution in [2.75, 3.05) is 13.1 Å². The SMILES string of the molecule is O=C(c1coc(C2CCCC2)n1)N1CCCC(c2nc(-c3ccccc3)n[nH]2)C1. The predicted octanol–water partition coefficient (Wildman–Crippen LogP) is 4.14. The van der Waals surface area contributed by atoms with E-state index in [-0.39, 0.29) is 11.8 Å². The maximum Gasteiger partial charge on any atom is 0.275 e. The monoisotopic (exact) mass is 391 g/mol. The van der Waals surface area contributed by atoms with Gasteiger partial charge in [-0.15, -0.1) is 0 Å². The number of rotatable bonds is 4. The number of nitrogens with one attached hydrogen (secondary N) is 1. The maximum atomic E-state index is 13.0. The van der Waals surface area contributed by atoms with E-state index in [1.165, 1.54) is 19.1 Å². The summed E-state index contributed by atoms with van der Waals surface area (Å²) in [6, 6.07) is 9.92. The lowest BCUT2D eigenvalue weighted by atomic mass is 9.97. The minimum atomic E-state index is -0.0505. The van der Waals surface area contributed by atoms with Crippen LogP contribution in [-0.4, -0.2) is 44.1 Å². The van der Waals surface area contributed by atoms with Gasteiger partial charge in [-0.2, -0.15) is 5.10 Å². The number of oxazole rings is 1. The van der Waals surface area contributed by atoms with Gasteiger partial charge in [-0.3, -0.25) is 9.89 Å². The third kappa shape index (κ3) is 3.69. The van der Waals surface area contributed by atoms with E-state index in [2.05, 4.69) is 20.2 Å². The number of aromatic amines is 1. The van der Waals surface area contributed by atoms with Crippen LogP contribution in [0.2, 0.25) is 0 Å². The second kappa shape index (κ2) is 7.81. The Hall–Kier alpha value is -2.96. The van der Waals surface area contributed by atoms with E-state index < -0.39 is 0 Å². The Bertz CT molecular complexity index is 974. The fourth-order valence-electron chi connectivity index (χ4n) is 4.47. The van der Waals surface area contributed by atoms with Gasteiger partial charge < -0.3 is 9.32 Å². The summed E-state index contributed by atoms with van der Waals surface area (Å²) < 4.78 is 5.64. The molecule has 1 saturated carbocycles. The lowest BCUT2D eigenvalue weighted by Crippen LogP contribution is -2.39. The van der Waals surface area contributed by atoms with Crippen molar-refractivity contribution in [3.63, 3.8) is 0 Å². The van der Waals surface area contributed by atoms with Gasteiger partial charge in [0.2, 0.25) is 0 Å². The van der Waals surface area contributed by atoms with E-state index in [9.17, 15) is 4.79 Å². The molecular weight excluding hydrogens is 366 g/mol. The molecule has 7 heteroatoms. The Morgan fingerprint density at radius 1 is 1.03 bits per heavy atom. The van der Waals surface area contributed by atoms with Gasteiger partial charge in [-0.25, -0.2) is 9.97 Å². The van der Waals surface area contributed by atoms with Gasteiger partial charge in [0.15, 0.2) is 17.4 Å². The first-order valence-electron chi connectivity index (χ1n) is 10.5. The zero-order valence-electron chi connectivity index (χ0n) is 16.4. The summed E-state index contributed by atoms with van der Waals surface area (Å²) in [6.45, 7) is 1.36. The van der Waals surface area contributed by atoms with Crippen molar-refractivity contribution in [2.24, 2.45) is 0 Å². The number of likely N-dealkylation sites (tertiary alicyclic amines) is 1. The van der Waals surface area contributed by atoms with E-state index in [4.69, 9.17) is 4.42 Å². The molecule has 0 spiro atoms. The minimum Gasteiger partial charge on any atom is -0.448 e. The normalized spacial score (nSPS) is 20.3. The molecule has 1 aliphatic carbocycles. The molecule has 1 saturated heterocycles. The predicted molar refractivity (Wildman–Crippen MR) is 107 cm³/mol. The van der Waals surface area contributed by atoms with Crippen molar-refractivity contribution in [3.8, 4) is 11.4 Å². The molecular formula is C22H25N5O2. The average molecular weight is 391 g/mol. The summed E-state index contributed by atoms with van der Waals surface area (Å²) >= 11 is 0. The molecule has 1 aliphatic heterocycles. The highest BCUT2D eigenvalue weighted by Gasteiger charge is 2.30. The summed E-state index contributed by atoms with van der Waals surface area (Å²) in [7, 11) is 0. The molecule has 0 radical (unpaired) electrons. The number of benzene rings is 1. The van der Waals surface area contributed by atoms with Gasteiger partial charge in [-0.05, 0) is 25.7 Å². The van der Waals surface area contributed by atoms with Crippen LogP contribution in [0.5, 0.6) is 0 Å². The van der Waals surface area contributed by atoms with Crippen LogP contribution in [0.3, 0.4) is 0 Å². The molecule has 3 heterocycles. The van der Waals surface area contributed by atoms with Crippen LogP contribution < -0.4 is 0 Å². The van der Waals surface area contributed by atoms with Gasteiger partial charge in [0.1, 0.15) is 12.1 Å². The van der Waals surface area contributed by atoms with Crippen molar-refractivity contribution in [3.05, 3.63) is 54.0 Å². The van der Waals surface area contributed by atoms with E-state index in [0.717, 1.165) is 49.5 Å². The maximum absolute atomic E-state index is 13.0. The molecule has 0 bridgehead atoms. The highest BCUT2D eigenvalue weighted by molar-refractivity contribution is 5.92. The minimum absolute atomic E-state index is 0.0505. The number of aromatic nitrogens is 4. The number of H-pyrrole nitrogens is 1. The lowest BCUT2D eigenvalue weighted by molar-refractivity contribution is 0.0698. The first-order valence-corrected chi connectivity index (χ1v) is 10.5. The van der Waals surface area contributed by atoms with Gasteiger partial charge in [-0.1, -0.05) is 43.2 Å². The smallest absolute Gasteiger partial charge is 0.275 e. The number of carbonyl (C=O) groups excluding carboxylic acids is 1. The van der Waals surface area contributed by atoms with Gasteiger partial charge in [0.05, 0.1) is 0 Å². The standard InChI is InChI=1S/C22H25N5O2/c28-22(18-14-29-21(23-18)16-9-4-5-10-16)27-12-6-11-17(13-27)20-24-19(25-26-20)15-7-2-1-3-8-15/h1-3,7-8,14,16-17H,4-6,9-13H2,(H,24,25,26). The lowest BCUT2D eigenvalue weighted by Gasteiger charge is -2.31. The Morgan fingerprint density at radius 3 is 2.66 bits per heavy atom. The number of hydrogen-bond donors (Lipinski definition) is 1. The summed E-state index contributed by atoms with van der Waals surface area (Å²) in [4.78, 5) is 24.1. The molecule has 5 rings (SSSR count). The Morgan fingerprint density at radius 2 is 1.83 bits per heavy atom. The quantitative estimate of drug-likeness (QED) is 0.722. The number of carbonyl (C=O) groups is 1. The molecule has 2 fully saturated rings. The van der Waals surface area contributed by atoms with Crippen LogP contribution in [-0.2, 0) is 0 Å². The molecule has 29 heavy (non-hydrogen) atoms. The molecule has 2 aromatic heterocycles. The van der Waals surface area contributed by atoms with Crippen molar-refractivity contribution in [2.45, 2.75) is 50.4 Å². The Kier molecular flexibility index (Phi) is 4.87. The molecule has 1 unspecified atom stereocenters. The number of piperidine rings is 1. The molecule has 2 aliphatic rings. The molecule has 1 atom stereocenters. The number of amides is 1. The molecule has 7 nitrogen and oxygen atoms in total. The second-order valence-corrected chi connectivity index (χ2v) is 8.05.